The molecule has 1 heterocycles. The Balaban J connectivity index is 1.23. The summed E-state index contributed by atoms with van der Waals surface area (Å²) in [6.45, 7) is 4.42. The van der Waals surface area contributed by atoms with Crippen molar-refractivity contribution in [3.63, 3.8) is 0 Å². The molecule has 2 saturated carbocycles. The highest BCUT2D eigenvalue weighted by Gasteiger charge is 2.48. The van der Waals surface area contributed by atoms with E-state index >= 15 is 0 Å². The lowest BCUT2D eigenvalue weighted by molar-refractivity contribution is 0.353. The van der Waals surface area contributed by atoms with Gasteiger partial charge in [0.1, 0.15) is 5.75 Å². The quantitative estimate of drug-likeness (QED) is 0.315. The van der Waals surface area contributed by atoms with Crippen LogP contribution in [0.1, 0.15) is 99.8 Å². The number of aryl methyl sites for hydroxylation is 1. The molecule has 0 N–H and O–H groups in total. The summed E-state index contributed by atoms with van der Waals surface area (Å²) in [4.78, 5) is 2.42. The van der Waals surface area contributed by atoms with E-state index in [1.165, 1.54) is 107 Å². The Morgan fingerprint density at radius 3 is 2.02 bits per heavy atom. The van der Waals surface area contributed by atoms with Gasteiger partial charge in [-0.1, -0.05) is 55.5 Å². The van der Waals surface area contributed by atoms with Crippen LogP contribution < -0.4 is 19.1 Å². The molecular weight excluding hydrogens is 590 g/mol. The molecule has 0 aromatic heterocycles. The monoisotopic (exact) mass is 637 g/mol. The van der Waals surface area contributed by atoms with Crippen molar-refractivity contribution in [3.05, 3.63) is 98.3 Å². The Kier molecular flexibility index (Phi) is 8.16. The Labute approximate surface area is 280 Å². The van der Waals surface area contributed by atoms with Crippen molar-refractivity contribution in [2.24, 2.45) is 0 Å². The van der Waals surface area contributed by atoms with Crippen molar-refractivity contribution in [1.29, 1.82) is 0 Å². The minimum atomic E-state index is 0.0406. The number of allylic oxidation sites excluding steroid dienone is 10. The van der Waals surface area contributed by atoms with Crippen LogP contribution in [-0.4, -0.2) is 28.4 Å². The van der Waals surface area contributed by atoms with Gasteiger partial charge in [-0.25, -0.2) is 0 Å². The number of anilines is 1. The van der Waals surface area contributed by atoms with Crippen LogP contribution in [0.15, 0.2) is 76.0 Å². The molecule has 4 nitrogen and oxygen atoms in total. The van der Waals surface area contributed by atoms with Crippen molar-refractivity contribution >= 4 is 22.9 Å². The maximum atomic E-state index is 7.26. The first-order valence-corrected chi connectivity index (χ1v) is 17.6. The van der Waals surface area contributed by atoms with Crippen molar-refractivity contribution in [2.75, 3.05) is 33.3 Å². The molecule has 7 rings (SSSR count). The molecule has 2 spiro atoms. The fourth-order valence-electron chi connectivity index (χ4n) is 9.53. The van der Waals surface area contributed by atoms with Crippen LogP contribution in [0.3, 0.4) is 0 Å². The molecule has 242 valence electrons. The second-order valence-corrected chi connectivity index (χ2v) is 14.4. The summed E-state index contributed by atoms with van der Waals surface area (Å²) in [6, 6.07) is 9.02. The van der Waals surface area contributed by atoms with Gasteiger partial charge in [-0.2, -0.15) is 0 Å². The lowest BCUT2D eigenvalue weighted by Crippen LogP contribution is -2.26. The highest BCUT2D eigenvalue weighted by Crippen LogP contribution is 2.59. The number of halogens is 1. The lowest BCUT2D eigenvalue weighted by atomic mass is 9.75. The number of methoxy groups -OCH3 is 3. The third kappa shape index (κ3) is 4.69. The van der Waals surface area contributed by atoms with Gasteiger partial charge in [0.15, 0.2) is 11.5 Å². The van der Waals surface area contributed by atoms with Crippen LogP contribution in [0, 0.1) is 6.92 Å². The molecule has 0 radical (unpaired) electrons. The van der Waals surface area contributed by atoms with Gasteiger partial charge < -0.3 is 19.1 Å². The molecule has 0 atom stereocenters. The number of rotatable bonds is 6. The first-order chi connectivity index (χ1) is 22.3. The van der Waals surface area contributed by atoms with E-state index in [1.807, 2.05) is 0 Å². The van der Waals surface area contributed by atoms with Crippen LogP contribution in [0.25, 0.3) is 5.57 Å². The van der Waals surface area contributed by atoms with Gasteiger partial charge >= 0.3 is 0 Å². The van der Waals surface area contributed by atoms with E-state index in [0.29, 0.717) is 0 Å². The molecule has 0 saturated heterocycles. The Morgan fingerprint density at radius 1 is 0.717 bits per heavy atom. The summed E-state index contributed by atoms with van der Waals surface area (Å²) in [5, 5.41) is 0.924. The van der Waals surface area contributed by atoms with Crippen molar-refractivity contribution < 1.29 is 14.2 Å². The molecule has 4 aliphatic carbocycles. The normalized spacial score (nSPS) is 23.2. The van der Waals surface area contributed by atoms with Crippen LogP contribution in [0.5, 0.6) is 17.2 Å². The van der Waals surface area contributed by atoms with E-state index in [9.17, 15) is 0 Å². The molecule has 5 aliphatic rings. The zero-order valence-electron chi connectivity index (χ0n) is 28.4. The molecule has 46 heavy (non-hydrogen) atoms. The van der Waals surface area contributed by atoms with E-state index in [1.54, 1.807) is 21.3 Å². The number of likely N-dealkylation sites (N-methyl/N-ethyl adjacent to an activating group) is 1. The highest BCUT2D eigenvalue weighted by molar-refractivity contribution is 6.32. The summed E-state index contributed by atoms with van der Waals surface area (Å²) < 4.78 is 17.2. The topological polar surface area (TPSA) is 30.9 Å². The van der Waals surface area contributed by atoms with Gasteiger partial charge in [0.05, 0.1) is 21.3 Å². The first-order valence-electron chi connectivity index (χ1n) is 17.2. The number of fused-ring (bicyclic) bond motifs is 4. The van der Waals surface area contributed by atoms with Crippen LogP contribution in [0.4, 0.5) is 5.69 Å². The molecule has 2 aromatic rings. The molecule has 2 fully saturated rings. The van der Waals surface area contributed by atoms with E-state index < -0.39 is 0 Å². The lowest BCUT2D eigenvalue weighted by Gasteiger charge is -2.29. The number of hydrogen-bond acceptors (Lipinski definition) is 4. The standard InChI is InChI=1S/C41H48ClNO3/c1-26-22-34-33(25-35(26)44-4)41(20-9-10-21-41)38(43(34)3)17-15-29-13-11-12-28(39(29)42)14-16-31-27(2)30-23-36(45-5)37(46-6)24-32(30)40(31)18-7-8-19-40/h14-17,22-25H,7-13,18-21H2,1-6H3/b16-14+,29-15?,38-17-. The van der Waals surface area contributed by atoms with E-state index in [4.69, 9.17) is 25.8 Å². The minimum absolute atomic E-state index is 0.0406. The maximum Gasteiger partial charge on any atom is 0.161 e. The van der Waals surface area contributed by atoms with Crippen LogP contribution in [-0.2, 0) is 10.8 Å². The second kappa shape index (κ2) is 12.0. The van der Waals surface area contributed by atoms with E-state index in [0.717, 1.165) is 41.5 Å². The fraction of sp³-hybridized carbons (Fsp3) is 0.463. The summed E-state index contributed by atoms with van der Waals surface area (Å²) in [5.41, 5.74) is 13.4. The minimum Gasteiger partial charge on any atom is -0.496 e. The largest absolute Gasteiger partial charge is 0.496 e. The molecular formula is C41H48ClNO3. The predicted octanol–water partition coefficient (Wildman–Crippen LogP) is 10.6. The van der Waals surface area contributed by atoms with Gasteiger partial charge in [-0.3, -0.25) is 0 Å². The molecule has 1 aliphatic heterocycles. The van der Waals surface area contributed by atoms with Crippen molar-refractivity contribution in [3.8, 4) is 17.2 Å². The Hall–Kier alpha value is -3.37. The van der Waals surface area contributed by atoms with E-state index in [-0.39, 0.29) is 10.8 Å². The number of nitrogens with zero attached hydrogens (tertiary/aromatic N) is 1. The SMILES string of the molecule is COc1cc2c(cc1C)N(C)/C(=C\C=C1CCCC(/C=C/C3=C(C)c4cc(OC)c(OC)cc4C34CCCC4)=C1Cl)C21CCCC1. The van der Waals surface area contributed by atoms with E-state index in [2.05, 4.69) is 74.4 Å². The maximum absolute atomic E-state index is 7.26. The van der Waals surface area contributed by atoms with Gasteiger partial charge in [0.2, 0.25) is 0 Å². The summed E-state index contributed by atoms with van der Waals surface area (Å²) in [6.07, 6.45) is 22.2. The zero-order valence-corrected chi connectivity index (χ0v) is 29.2. The zero-order chi connectivity index (χ0) is 32.2. The van der Waals surface area contributed by atoms with Crippen molar-refractivity contribution in [2.45, 2.75) is 95.3 Å². The summed E-state index contributed by atoms with van der Waals surface area (Å²) >= 11 is 7.26. The van der Waals surface area contributed by atoms with Gasteiger partial charge in [0.25, 0.3) is 0 Å². The predicted molar refractivity (Wildman–Crippen MR) is 191 cm³/mol. The summed E-state index contributed by atoms with van der Waals surface area (Å²) in [7, 11) is 7.46. The third-order valence-corrected chi connectivity index (χ3v) is 12.4. The first kappa shape index (κ1) is 31.2. The van der Waals surface area contributed by atoms with Crippen LogP contribution in [0.2, 0.25) is 0 Å². The number of ether oxygens (including phenoxy) is 3. The Morgan fingerprint density at radius 2 is 1.35 bits per heavy atom. The molecule has 0 bridgehead atoms. The fourth-order valence-corrected chi connectivity index (χ4v) is 9.84. The van der Waals surface area contributed by atoms with Gasteiger partial charge in [-0.05, 0) is 134 Å². The smallest absolute Gasteiger partial charge is 0.161 e. The average molecular weight is 638 g/mol. The number of hydrogen-bond donors (Lipinski definition) is 0. The third-order valence-electron chi connectivity index (χ3n) is 11.9. The van der Waals surface area contributed by atoms with Crippen molar-refractivity contribution in [1.82, 2.24) is 0 Å². The molecule has 0 unspecified atom stereocenters. The number of benzene rings is 2. The molecule has 2 aromatic carbocycles. The highest BCUT2D eigenvalue weighted by atomic mass is 35.5. The van der Waals surface area contributed by atoms with Crippen LogP contribution >= 0.6 is 11.6 Å². The van der Waals surface area contributed by atoms with Gasteiger partial charge in [-0.15, -0.1) is 0 Å². The molecule has 0 amide bonds. The summed E-state index contributed by atoms with van der Waals surface area (Å²) in [5.74, 6) is 2.60. The molecule has 5 heteroatoms. The average Bonchev–Trinajstić information content (AvgIpc) is 3.84. The second-order valence-electron chi connectivity index (χ2n) is 14.0. The Bertz CT molecular complexity index is 1730. The van der Waals surface area contributed by atoms with Gasteiger partial charge in [0, 0.05) is 34.3 Å².